The Morgan fingerprint density at radius 1 is 0.645 bits per heavy atom. The van der Waals surface area contributed by atoms with E-state index in [1.165, 1.54) is 60.8 Å². The molecule has 3 unspecified atom stereocenters. The van der Waals surface area contributed by atoms with Gasteiger partial charge in [-0.2, -0.15) is 5.26 Å². The molecule has 3 nitrogen and oxygen atoms in total. The lowest BCUT2D eigenvalue weighted by Gasteiger charge is -2.45. The van der Waals surface area contributed by atoms with Crippen LogP contribution in [-0.2, 0) is 5.41 Å². The van der Waals surface area contributed by atoms with Crippen molar-refractivity contribution in [2.75, 3.05) is 4.90 Å². The number of hydrogen-bond donors (Lipinski definition) is 0. The molecule has 0 aromatic heterocycles. The molecule has 7 aromatic carbocycles. The molecule has 3 atom stereocenters. The summed E-state index contributed by atoms with van der Waals surface area (Å²) >= 11 is 0. The summed E-state index contributed by atoms with van der Waals surface area (Å²) in [7, 11) is 0. The predicted octanol–water partition coefficient (Wildman–Crippen LogP) is 16.4. The zero-order chi connectivity index (χ0) is 42.6. The fraction of sp³-hybridized carbons (Fsp3) is 0.220. The largest absolute Gasteiger partial charge is 0.310 e. The van der Waals surface area contributed by atoms with Crippen LogP contribution in [0.4, 0.5) is 22.7 Å². The van der Waals surface area contributed by atoms with Crippen LogP contribution >= 0.6 is 0 Å². The molecule has 7 aromatic rings. The summed E-state index contributed by atoms with van der Waals surface area (Å²) in [6, 6.07) is 61.2. The number of anilines is 3. The van der Waals surface area contributed by atoms with Crippen LogP contribution in [0.15, 0.2) is 176 Å². The lowest BCUT2D eigenvalue weighted by molar-refractivity contribution is 0.441. The van der Waals surface area contributed by atoms with Gasteiger partial charge in [0.05, 0.1) is 35.0 Å². The van der Waals surface area contributed by atoms with Gasteiger partial charge in [0.25, 0.3) is 0 Å². The van der Waals surface area contributed by atoms with Gasteiger partial charge in [0.1, 0.15) is 0 Å². The molecule has 3 heteroatoms. The second-order valence-corrected chi connectivity index (χ2v) is 17.3. The van der Waals surface area contributed by atoms with Gasteiger partial charge >= 0.3 is 0 Å². The van der Waals surface area contributed by atoms with Crippen LogP contribution < -0.4 is 4.90 Å². The number of unbranched alkanes of at least 4 members (excludes halogenated alkanes) is 1. The number of allylic oxidation sites excluding steroid dienone is 1. The Bertz CT molecular complexity index is 2690. The molecular weight excluding hydrogens is 751 g/mol. The highest BCUT2D eigenvalue weighted by Gasteiger charge is 2.51. The van der Waals surface area contributed by atoms with Gasteiger partial charge in [0.15, 0.2) is 5.69 Å². The van der Waals surface area contributed by atoms with Crippen molar-refractivity contribution in [2.24, 2.45) is 5.92 Å². The number of para-hydroxylation sites is 2. The first-order valence-corrected chi connectivity index (χ1v) is 22.4. The minimum atomic E-state index is -0.702. The van der Waals surface area contributed by atoms with Crippen molar-refractivity contribution < 1.29 is 0 Å². The maximum atomic E-state index is 10.1. The summed E-state index contributed by atoms with van der Waals surface area (Å²) in [5.74, 6) is 1.63. The number of hydrogen-bond acceptors (Lipinski definition) is 2. The quantitative estimate of drug-likeness (QED) is 0.0810. The lowest BCUT2D eigenvalue weighted by Crippen LogP contribution is -2.36. The van der Waals surface area contributed by atoms with Gasteiger partial charge in [0, 0.05) is 5.69 Å². The summed E-state index contributed by atoms with van der Waals surface area (Å²) in [4.78, 5) is 6.25. The third kappa shape index (κ3) is 7.23. The zero-order valence-electron chi connectivity index (χ0n) is 35.9. The molecular formula is C59H53N3. The van der Waals surface area contributed by atoms with E-state index in [2.05, 4.69) is 194 Å². The lowest BCUT2D eigenvalue weighted by atomic mass is 9.64. The van der Waals surface area contributed by atoms with Crippen LogP contribution in [0, 0.1) is 23.8 Å². The molecule has 62 heavy (non-hydrogen) atoms. The monoisotopic (exact) mass is 803 g/mol. The van der Waals surface area contributed by atoms with E-state index in [0.29, 0.717) is 29.0 Å². The standard InChI is InChI=1S/C59H53N3/c1-5-7-15-42(6-2)23-26-46(45-16-9-8-10-17-45)25-22-41(3)44-27-29-47(30-28-44)48-31-34-50(35-32-48)62-57-20-13-11-18-53(57)59(54-19-12-14-21-58(54)62)55-38-43(40-60)24-36-51(55)52-37-33-49(61-4)39-56(52)59/h6,8-14,16-21,24,27-39,41-42,46H,2,5,7,15,22-23,25-26H2,1,3H3. The van der Waals surface area contributed by atoms with Crippen LogP contribution in [0.2, 0.25) is 0 Å². The molecule has 0 radical (unpaired) electrons. The van der Waals surface area contributed by atoms with Crippen LogP contribution in [0.1, 0.15) is 110 Å². The van der Waals surface area contributed by atoms with E-state index < -0.39 is 5.41 Å². The Morgan fingerprint density at radius 3 is 1.87 bits per heavy atom. The van der Waals surface area contributed by atoms with Crippen LogP contribution in [0.5, 0.6) is 0 Å². The summed E-state index contributed by atoms with van der Waals surface area (Å²) < 4.78 is 0. The smallest absolute Gasteiger partial charge is 0.187 e. The highest BCUT2D eigenvalue weighted by atomic mass is 15.2. The van der Waals surface area contributed by atoms with Crippen molar-refractivity contribution in [1.29, 1.82) is 5.26 Å². The van der Waals surface area contributed by atoms with E-state index in [1.54, 1.807) is 0 Å². The Labute approximate surface area is 368 Å². The van der Waals surface area contributed by atoms with E-state index in [1.807, 2.05) is 12.1 Å². The molecule has 0 amide bonds. The van der Waals surface area contributed by atoms with Gasteiger partial charge in [-0.1, -0.05) is 160 Å². The van der Waals surface area contributed by atoms with Gasteiger partial charge in [0.2, 0.25) is 0 Å². The Balaban J connectivity index is 0.990. The third-order valence-electron chi connectivity index (χ3n) is 13.8. The fourth-order valence-corrected chi connectivity index (χ4v) is 10.4. The Kier molecular flexibility index (Phi) is 11.5. The van der Waals surface area contributed by atoms with Crippen molar-refractivity contribution in [1.82, 2.24) is 0 Å². The van der Waals surface area contributed by atoms with E-state index in [-0.39, 0.29) is 0 Å². The maximum absolute atomic E-state index is 10.1. The molecule has 304 valence electrons. The summed E-state index contributed by atoms with van der Waals surface area (Å²) in [5, 5.41) is 10.1. The highest BCUT2D eigenvalue weighted by molar-refractivity contribution is 5.96. The van der Waals surface area contributed by atoms with Crippen LogP contribution in [-0.4, -0.2) is 0 Å². The van der Waals surface area contributed by atoms with E-state index in [4.69, 9.17) is 6.57 Å². The van der Waals surface area contributed by atoms with Crippen molar-refractivity contribution in [3.05, 3.63) is 227 Å². The molecule has 9 rings (SSSR count). The number of nitriles is 1. The number of nitrogens with zero attached hydrogens (tertiary/aromatic N) is 3. The molecule has 2 aliphatic rings. The molecule has 1 aliphatic carbocycles. The van der Waals surface area contributed by atoms with Crippen molar-refractivity contribution >= 4 is 22.7 Å². The first kappa shape index (κ1) is 40.5. The van der Waals surface area contributed by atoms with Crippen molar-refractivity contribution in [2.45, 2.75) is 76.0 Å². The number of fused-ring (bicyclic) bond motifs is 9. The topological polar surface area (TPSA) is 31.4 Å². The molecule has 0 saturated carbocycles. The molecule has 0 fully saturated rings. The first-order chi connectivity index (χ1) is 30.5. The molecule has 0 saturated heterocycles. The number of rotatable bonds is 14. The first-order valence-electron chi connectivity index (χ1n) is 22.4. The molecule has 0 bridgehead atoms. The summed E-state index contributed by atoms with van der Waals surface area (Å²) in [5.41, 5.74) is 15.6. The Morgan fingerprint density at radius 2 is 1.24 bits per heavy atom. The van der Waals surface area contributed by atoms with Crippen molar-refractivity contribution in [3.8, 4) is 28.3 Å². The second kappa shape index (κ2) is 17.6. The van der Waals surface area contributed by atoms with Gasteiger partial charge < -0.3 is 4.90 Å². The van der Waals surface area contributed by atoms with E-state index >= 15 is 0 Å². The minimum absolute atomic E-state index is 0.466. The maximum Gasteiger partial charge on any atom is 0.187 e. The summed E-state index contributed by atoms with van der Waals surface area (Å²) in [6.07, 6.45) is 10.7. The fourth-order valence-electron chi connectivity index (χ4n) is 10.4. The molecule has 1 spiro atoms. The van der Waals surface area contributed by atoms with Gasteiger partial charge in [-0.05, 0) is 142 Å². The van der Waals surface area contributed by atoms with E-state index in [0.717, 1.165) is 56.9 Å². The average molecular weight is 804 g/mol. The molecule has 1 heterocycles. The molecule has 0 N–H and O–H groups in total. The predicted molar refractivity (Wildman–Crippen MR) is 258 cm³/mol. The van der Waals surface area contributed by atoms with Crippen LogP contribution in [0.3, 0.4) is 0 Å². The molecule has 1 aliphatic heterocycles. The third-order valence-corrected chi connectivity index (χ3v) is 13.8. The van der Waals surface area contributed by atoms with Gasteiger partial charge in [-0.3, -0.25) is 0 Å². The normalized spacial score (nSPS) is 14.4. The van der Waals surface area contributed by atoms with Gasteiger partial charge in [-0.25, -0.2) is 4.85 Å². The zero-order valence-corrected chi connectivity index (χ0v) is 35.9. The number of benzene rings is 7. The minimum Gasteiger partial charge on any atom is -0.310 e. The van der Waals surface area contributed by atoms with Crippen LogP contribution in [0.25, 0.3) is 27.1 Å². The van der Waals surface area contributed by atoms with Gasteiger partial charge in [-0.15, -0.1) is 6.58 Å². The SMILES string of the molecule is [C-]#[N+]c1ccc2c(c1)C1(c3cc(C#N)ccc3-2)c2ccccc2N(c2ccc(-c3ccc(C(C)CCC(CCC(C=C)CCCC)c4ccccc4)cc3)cc2)c2ccccc21. The highest BCUT2D eigenvalue weighted by Crippen LogP contribution is 2.63. The average Bonchev–Trinajstić information content (AvgIpc) is 3.62. The van der Waals surface area contributed by atoms with E-state index in [9.17, 15) is 5.26 Å². The van der Waals surface area contributed by atoms with Crippen molar-refractivity contribution in [3.63, 3.8) is 0 Å². The second-order valence-electron chi connectivity index (χ2n) is 17.3. The summed E-state index contributed by atoms with van der Waals surface area (Å²) in [6.45, 7) is 16.8. The Hall–Kier alpha value is -6.94.